The Kier molecular flexibility index (Phi) is 4.15. The predicted molar refractivity (Wildman–Crippen MR) is 108 cm³/mol. The number of aromatic amines is 1. The van der Waals surface area contributed by atoms with Crippen molar-refractivity contribution in [1.29, 1.82) is 0 Å². The van der Waals surface area contributed by atoms with Gasteiger partial charge in [-0.3, -0.25) is 0 Å². The van der Waals surface area contributed by atoms with Gasteiger partial charge in [-0.25, -0.2) is 4.79 Å². The van der Waals surface area contributed by atoms with Gasteiger partial charge in [0.25, 0.3) is 0 Å². The molecule has 0 unspecified atom stereocenters. The van der Waals surface area contributed by atoms with Crippen LogP contribution in [0.5, 0.6) is 0 Å². The average Bonchev–Trinajstić information content (AvgIpc) is 3.08. The van der Waals surface area contributed by atoms with Gasteiger partial charge in [0, 0.05) is 27.8 Å². The lowest BCUT2D eigenvalue weighted by Crippen LogP contribution is -2.19. The highest BCUT2D eigenvalue weighted by Gasteiger charge is 2.10. The molecule has 0 aliphatic rings. The molecule has 3 aromatic carbocycles. The highest BCUT2D eigenvalue weighted by atomic mass is 16.2. The molecule has 4 nitrogen and oxygen atoms in total. The van der Waals surface area contributed by atoms with Crippen molar-refractivity contribution in [3.8, 4) is 11.3 Å². The molecule has 0 fully saturated rings. The van der Waals surface area contributed by atoms with E-state index in [4.69, 9.17) is 0 Å². The minimum atomic E-state index is -0.266. The SMILES string of the molecule is Cc1ccc(NC(=O)Nc2ccccc2-c2cc3ccccc3[nH]2)cc1. The van der Waals surface area contributed by atoms with E-state index >= 15 is 0 Å². The Bertz CT molecular complexity index is 1030. The van der Waals surface area contributed by atoms with Gasteiger partial charge >= 0.3 is 6.03 Å². The van der Waals surface area contributed by atoms with Crippen molar-refractivity contribution >= 4 is 28.3 Å². The normalized spacial score (nSPS) is 10.7. The molecule has 0 radical (unpaired) electrons. The quantitative estimate of drug-likeness (QED) is 0.434. The van der Waals surface area contributed by atoms with E-state index in [-0.39, 0.29) is 6.03 Å². The van der Waals surface area contributed by atoms with Crippen LogP contribution in [0.1, 0.15) is 5.56 Å². The van der Waals surface area contributed by atoms with Gasteiger partial charge in [-0.15, -0.1) is 0 Å². The molecule has 26 heavy (non-hydrogen) atoms. The standard InChI is InChI=1S/C22H19N3O/c1-15-10-12-17(13-11-15)23-22(26)25-20-9-5-3-7-18(20)21-14-16-6-2-4-8-19(16)24-21/h2-14,24H,1H3,(H2,23,25,26). The van der Waals surface area contributed by atoms with Gasteiger partial charge in [-0.1, -0.05) is 54.1 Å². The lowest BCUT2D eigenvalue weighted by molar-refractivity contribution is 0.262. The molecule has 4 heteroatoms. The molecule has 1 aromatic heterocycles. The number of nitrogens with one attached hydrogen (secondary N) is 3. The van der Waals surface area contributed by atoms with Crippen LogP contribution in [0.4, 0.5) is 16.2 Å². The maximum Gasteiger partial charge on any atom is 0.323 e. The van der Waals surface area contributed by atoms with Crippen LogP contribution in [0, 0.1) is 6.92 Å². The third-order valence-corrected chi connectivity index (χ3v) is 4.30. The van der Waals surface area contributed by atoms with E-state index in [1.807, 2.05) is 73.7 Å². The van der Waals surface area contributed by atoms with Crippen LogP contribution in [-0.4, -0.2) is 11.0 Å². The largest absolute Gasteiger partial charge is 0.354 e. The molecular formula is C22H19N3O. The van der Waals surface area contributed by atoms with Crippen molar-refractivity contribution in [2.45, 2.75) is 6.92 Å². The first kappa shape index (κ1) is 16.0. The van der Waals surface area contributed by atoms with E-state index in [0.29, 0.717) is 0 Å². The first-order chi connectivity index (χ1) is 12.7. The Morgan fingerprint density at radius 2 is 1.58 bits per heavy atom. The van der Waals surface area contributed by atoms with Crippen molar-refractivity contribution in [1.82, 2.24) is 4.98 Å². The van der Waals surface area contributed by atoms with Crippen LogP contribution in [0.15, 0.2) is 78.9 Å². The molecule has 1 heterocycles. The number of carbonyl (C=O) groups is 1. The summed E-state index contributed by atoms with van der Waals surface area (Å²) in [6, 6.07) is 25.4. The monoisotopic (exact) mass is 341 g/mol. The number of aryl methyl sites for hydroxylation is 1. The highest BCUT2D eigenvalue weighted by molar-refractivity contribution is 6.02. The topological polar surface area (TPSA) is 56.9 Å². The number of benzene rings is 3. The van der Waals surface area contributed by atoms with E-state index in [1.165, 1.54) is 0 Å². The van der Waals surface area contributed by atoms with Crippen molar-refractivity contribution < 1.29 is 4.79 Å². The number of urea groups is 1. The molecule has 3 N–H and O–H groups in total. The zero-order valence-corrected chi connectivity index (χ0v) is 14.4. The summed E-state index contributed by atoms with van der Waals surface area (Å²) in [6.07, 6.45) is 0. The second-order valence-electron chi connectivity index (χ2n) is 6.26. The van der Waals surface area contributed by atoms with Crippen LogP contribution < -0.4 is 10.6 Å². The van der Waals surface area contributed by atoms with Gasteiger partial charge in [-0.2, -0.15) is 0 Å². The van der Waals surface area contributed by atoms with E-state index in [9.17, 15) is 4.79 Å². The summed E-state index contributed by atoms with van der Waals surface area (Å²) in [6.45, 7) is 2.01. The number of fused-ring (bicyclic) bond motifs is 1. The maximum atomic E-state index is 12.4. The third-order valence-electron chi connectivity index (χ3n) is 4.30. The Hall–Kier alpha value is -3.53. The Morgan fingerprint density at radius 1 is 0.846 bits per heavy atom. The first-order valence-corrected chi connectivity index (χ1v) is 8.51. The van der Waals surface area contributed by atoms with Gasteiger partial charge in [0.05, 0.1) is 5.69 Å². The van der Waals surface area contributed by atoms with E-state index in [1.54, 1.807) is 0 Å². The molecule has 0 spiro atoms. The zero-order chi connectivity index (χ0) is 17.9. The number of hydrogen-bond donors (Lipinski definition) is 3. The second-order valence-corrected chi connectivity index (χ2v) is 6.26. The molecule has 0 aliphatic carbocycles. The summed E-state index contributed by atoms with van der Waals surface area (Å²) >= 11 is 0. The van der Waals surface area contributed by atoms with E-state index in [0.717, 1.165) is 39.1 Å². The molecule has 128 valence electrons. The van der Waals surface area contributed by atoms with Gasteiger partial charge in [-0.05, 0) is 37.3 Å². The number of anilines is 2. The summed E-state index contributed by atoms with van der Waals surface area (Å²) in [4.78, 5) is 15.8. The Labute approximate surface area is 151 Å². The smallest absolute Gasteiger partial charge is 0.323 e. The van der Waals surface area contributed by atoms with Gasteiger partial charge in [0.2, 0.25) is 0 Å². The average molecular weight is 341 g/mol. The minimum absolute atomic E-state index is 0.266. The molecule has 2 amide bonds. The van der Waals surface area contributed by atoms with Crippen LogP contribution in [0.25, 0.3) is 22.2 Å². The van der Waals surface area contributed by atoms with E-state index in [2.05, 4.69) is 27.8 Å². The van der Waals surface area contributed by atoms with Gasteiger partial charge in [0.15, 0.2) is 0 Å². The predicted octanol–water partition coefficient (Wildman–Crippen LogP) is 5.79. The summed E-state index contributed by atoms with van der Waals surface area (Å²) < 4.78 is 0. The van der Waals surface area contributed by atoms with Crippen LogP contribution in [0.2, 0.25) is 0 Å². The molecule has 0 saturated heterocycles. The number of rotatable bonds is 3. The van der Waals surface area contributed by atoms with Crippen molar-refractivity contribution in [3.05, 3.63) is 84.4 Å². The Balaban J connectivity index is 1.59. The second kappa shape index (κ2) is 6.76. The number of hydrogen-bond acceptors (Lipinski definition) is 1. The summed E-state index contributed by atoms with van der Waals surface area (Å²) in [5, 5.41) is 6.95. The van der Waals surface area contributed by atoms with Crippen molar-refractivity contribution in [2.75, 3.05) is 10.6 Å². The van der Waals surface area contributed by atoms with Crippen LogP contribution in [-0.2, 0) is 0 Å². The van der Waals surface area contributed by atoms with Gasteiger partial charge < -0.3 is 15.6 Å². The number of carbonyl (C=O) groups excluding carboxylic acids is 1. The molecule has 0 saturated carbocycles. The lowest BCUT2D eigenvalue weighted by Gasteiger charge is -2.11. The Morgan fingerprint density at radius 3 is 2.38 bits per heavy atom. The molecule has 0 atom stereocenters. The number of amides is 2. The molecule has 4 aromatic rings. The summed E-state index contributed by atoms with van der Waals surface area (Å²) in [5.41, 5.74) is 5.65. The van der Waals surface area contributed by atoms with Gasteiger partial charge in [0.1, 0.15) is 0 Å². The third kappa shape index (κ3) is 3.30. The number of aromatic nitrogens is 1. The number of H-pyrrole nitrogens is 1. The van der Waals surface area contributed by atoms with Crippen molar-refractivity contribution in [2.24, 2.45) is 0 Å². The number of para-hydroxylation sites is 2. The summed E-state index contributed by atoms with van der Waals surface area (Å²) in [7, 11) is 0. The van der Waals surface area contributed by atoms with Crippen LogP contribution in [0.3, 0.4) is 0 Å². The first-order valence-electron chi connectivity index (χ1n) is 8.51. The maximum absolute atomic E-state index is 12.4. The van der Waals surface area contributed by atoms with Crippen LogP contribution >= 0.6 is 0 Å². The van der Waals surface area contributed by atoms with Crippen molar-refractivity contribution in [3.63, 3.8) is 0 Å². The molecule has 0 bridgehead atoms. The molecular weight excluding hydrogens is 322 g/mol. The fourth-order valence-corrected chi connectivity index (χ4v) is 2.97. The fraction of sp³-hybridized carbons (Fsp3) is 0.0455. The molecule has 0 aliphatic heterocycles. The lowest BCUT2D eigenvalue weighted by atomic mass is 10.1. The zero-order valence-electron chi connectivity index (χ0n) is 14.4. The molecule has 4 rings (SSSR count). The van der Waals surface area contributed by atoms with E-state index < -0.39 is 0 Å². The fourth-order valence-electron chi connectivity index (χ4n) is 2.97. The highest BCUT2D eigenvalue weighted by Crippen LogP contribution is 2.30. The minimum Gasteiger partial charge on any atom is -0.354 e. The summed E-state index contributed by atoms with van der Waals surface area (Å²) in [5.74, 6) is 0.